The van der Waals surface area contributed by atoms with Crippen LogP contribution in [0.5, 0.6) is 0 Å². The summed E-state index contributed by atoms with van der Waals surface area (Å²) in [6.45, 7) is 1.77. The molecular weight excluding hydrogens is 165 g/mol. The van der Waals surface area contributed by atoms with E-state index < -0.39 is 0 Å². The number of hydrogen-bond donors (Lipinski definition) is 1. The first-order chi connectivity index (χ1) is 6.40. The number of benzene rings is 1. The van der Waals surface area contributed by atoms with Crippen molar-refractivity contribution in [1.29, 1.82) is 0 Å². The molecule has 1 aliphatic rings. The van der Waals surface area contributed by atoms with Gasteiger partial charge in [0.05, 0.1) is 0 Å². The van der Waals surface area contributed by atoms with E-state index in [1.54, 1.807) is 0 Å². The van der Waals surface area contributed by atoms with Crippen molar-refractivity contribution in [3.63, 3.8) is 0 Å². The van der Waals surface area contributed by atoms with E-state index in [4.69, 9.17) is 0 Å². The van der Waals surface area contributed by atoms with Gasteiger partial charge in [-0.05, 0) is 30.0 Å². The van der Waals surface area contributed by atoms with E-state index in [1.165, 1.54) is 12.0 Å². The summed E-state index contributed by atoms with van der Waals surface area (Å²) < 4.78 is 12.4. The molecule has 0 aromatic heterocycles. The third-order valence-electron chi connectivity index (χ3n) is 2.64. The van der Waals surface area contributed by atoms with Gasteiger partial charge in [-0.15, -0.1) is 0 Å². The van der Waals surface area contributed by atoms with Gasteiger partial charge >= 0.3 is 0 Å². The van der Waals surface area contributed by atoms with Crippen molar-refractivity contribution >= 4 is 0 Å². The first-order valence-electron chi connectivity index (χ1n) is 4.75. The van der Waals surface area contributed by atoms with Gasteiger partial charge in [0.25, 0.3) is 0 Å². The predicted octanol–water partition coefficient (Wildman–Crippen LogP) is 2.23. The molecule has 2 rings (SSSR count). The Bertz CT molecular complexity index is 279. The van der Waals surface area contributed by atoms with Crippen LogP contribution in [0.2, 0.25) is 0 Å². The predicted molar refractivity (Wildman–Crippen MR) is 51.5 cm³/mol. The molecule has 1 aromatic carbocycles. The van der Waals surface area contributed by atoms with Crippen molar-refractivity contribution in [3.8, 4) is 0 Å². The van der Waals surface area contributed by atoms with Gasteiger partial charge < -0.3 is 5.32 Å². The molecule has 1 aliphatic heterocycles. The highest BCUT2D eigenvalue weighted by atomic mass is 19.1. The summed E-state index contributed by atoms with van der Waals surface area (Å²) in [5.74, 6) is 0.589. The number of nitrogens with one attached hydrogen (secondary N) is 1. The zero-order valence-electron chi connectivity index (χ0n) is 7.59. The molecule has 70 valence electrons. The fourth-order valence-electron chi connectivity index (χ4n) is 1.87. The van der Waals surface area contributed by atoms with Crippen LogP contribution in [0.1, 0.15) is 23.5 Å². The molecule has 1 nitrogen and oxygen atoms in total. The number of hydrogen-bond acceptors (Lipinski definition) is 1. The number of halogens is 1. The molecule has 0 bridgehead atoms. The molecule has 1 fully saturated rings. The molecule has 0 aliphatic carbocycles. The summed E-state index contributed by atoms with van der Waals surface area (Å²) in [4.78, 5) is 0. The highest BCUT2D eigenvalue weighted by Crippen LogP contribution is 2.23. The van der Waals surface area contributed by atoms with E-state index in [0.717, 1.165) is 18.7 Å². The minimum absolute atomic E-state index is 0.353. The molecule has 1 unspecified atom stereocenters. The van der Waals surface area contributed by atoms with Gasteiger partial charge in [0.2, 0.25) is 0 Å². The maximum absolute atomic E-state index is 12.4. The summed E-state index contributed by atoms with van der Waals surface area (Å²) in [6, 6.07) is 7.86. The maximum Gasteiger partial charge on any atom is 0.115 e. The minimum Gasteiger partial charge on any atom is -0.316 e. The molecule has 0 radical (unpaired) electrons. The fraction of sp³-hybridized carbons (Fsp3) is 0.455. The Morgan fingerprint density at radius 1 is 1.46 bits per heavy atom. The Morgan fingerprint density at radius 3 is 3.08 bits per heavy atom. The Balaban J connectivity index is 2.18. The molecule has 1 saturated heterocycles. The van der Waals surface area contributed by atoms with Crippen molar-refractivity contribution in [2.75, 3.05) is 13.1 Å². The highest BCUT2D eigenvalue weighted by molar-refractivity contribution is 5.27. The summed E-state index contributed by atoms with van der Waals surface area (Å²) in [5.41, 5.74) is 2.07. The van der Waals surface area contributed by atoms with E-state index in [2.05, 4.69) is 11.4 Å². The van der Waals surface area contributed by atoms with E-state index in [9.17, 15) is 4.39 Å². The number of alkyl halides is 1. The normalized spacial score (nSPS) is 22.1. The molecule has 1 aromatic rings. The van der Waals surface area contributed by atoms with Crippen LogP contribution in [0.4, 0.5) is 4.39 Å². The monoisotopic (exact) mass is 179 g/mol. The smallest absolute Gasteiger partial charge is 0.115 e. The summed E-state index contributed by atoms with van der Waals surface area (Å²) in [5, 5.41) is 3.31. The van der Waals surface area contributed by atoms with Gasteiger partial charge in [-0.25, -0.2) is 4.39 Å². The second kappa shape index (κ2) is 3.88. The zero-order chi connectivity index (χ0) is 9.10. The highest BCUT2D eigenvalue weighted by Gasteiger charge is 2.16. The van der Waals surface area contributed by atoms with Crippen molar-refractivity contribution in [2.24, 2.45) is 0 Å². The summed E-state index contributed by atoms with van der Waals surface area (Å²) in [6.07, 6.45) is 1.18. The molecule has 0 amide bonds. The summed E-state index contributed by atoms with van der Waals surface area (Å²) in [7, 11) is 0. The average molecular weight is 179 g/mol. The van der Waals surface area contributed by atoms with Crippen LogP contribution < -0.4 is 5.32 Å². The van der Waals surface area contributed by atoms with Gasteiger partial charge in [-0.2, -0.15) is 0 Å². The van der Waals surface area contributed by atoms with Crippen LogP contribution in [0.15, 0.2) is 24.3 Å². The van der Waals surface area contributed by atoms with Crippen molar-refractivity contribution in [1.82, 2.24) is 5.32 Å². The lowest BCUT2D eigenvalue weighted by Crippen LogP contribution is -2.07. The van der Waals surface area contributed by atoms with Crippen LogP contribution in [0.3, 0.4) is 0 Å². The second-order valence-electron chi connectivity index (χ2n) is 3.57. The topological polar surface area (TPSA) is 12.0 Å². The third-order valence-corrected chi connectivity index (χ3v) is 2.64. The molecule has 2 heteroatoms. The molecule has 1 N–H and O–H groups in total. The summed E-state index contributed by atoms with van der Waals surface area (Å²) >= 11 is 0. The maximum atomic E-state index is 12.4. The third kappa shape index (κ3) is 1.89. The van der Waals surface area contributed by atoms with Crippen LogP contribution in [0, 0.1) is 0 Å². The van der Waals surface area contributed by atoms with Crippen molar-refractivity contribution in [2.45, 2.75) is 19.0 Å². The SMILES string of the molecule is FCc1cccc(C2CCNC2)c1. The second-order valence-corrected chi connectivity index (χ2v) is 3.57. The Hall–Kier alpha value is -0.890. The Labute approximate surface area is 78.0 Å². The standard InChI is InChI=1S/C11H14FN/c12-7-9-2-1-3-10(6-9)11-4-5-13-8-11/h1-3,6,11,13H,4-5,7-8H2. The molecule has 0 spiro atoms. The van der Waals surface area contributed by atoms with E-state index in [1.807, 2.05) is 18.2 Å². The van der Waals surface area contributed by atoms with Crippen LogP contribution >= 0.6 is 0 Å². The first-order valence-corrected chi connectivity index (χ1v) is 4.75. The molecule has 13 heavy (non-hydrogen) atoms. The van der Waals surface area contributed by atoms with E-state index in [-0.39, 0.29) is 6.67 Å². The van der Waals surface area contributed by atoms with Gasteiger partial charge in [0.1, 0.15) is 6.67 Å². The van der Waals surface area contributed by atoms with E-state index in [0.29, 0.717) is 5.92 Å². The van der Waals surface area contributed by atoms with E-state index >= 15 is 0 Å². The van der Waals surface area contributed by atoms with Crippen molar-refractivity contribution in [3.05, 3.63) is 35.4 Å². The lowest BCUT2D eigenvalue weighted by molar-refractivity contribution is 0.484. The van der Waals surface area contributed by atoms with Crippen molar-refractivity contribution < 1.29 is 4.39 Å². The molecular formula is C11H14FN. The lowest BCUT2D eigenvalue weighted by atomic mass is 9.97. The zero-order valence-corrected chi connectivity index (χ0v) is 7.59. The molecule has 0 saturated carbocycles. The first kappa shape index (κ1) is 8.70. The average Bonchev–Trinajstić information content (AvgIpc) is 2.71. The Morgan fingerprint density at radius 2 is 2.38 bits per heavy atom. The van der Waals surface area contributed by atoms with Crippen LogP contribution in [0.25, 0.3) is 0 Å². The quantitative estimate of drug-likeness (QED) is 0.734. The van der Waals surface area contributed by atoms with Crippen LogP contribution in [-0.2, 0) is 6.67 Å². The fourth-order valence-corrected chi connectivity index (χ4v) is 1.87. The molecule has 1 atom stereocenters. The van der Waals surface area contributed by atoms with Crippen LogP contribution in [-0.4, -0.2) is 13.1 Å². The van der Waals surface area contributed by atoms with Gasteiger partial charge in [0.15, 0.2) is 0 Å². The van der Waals surface area contributed by atoms with Gasteiger partial charge in [-0.1, -0.05) is 24.3 Å². The number of rotatable bonds is 2. The van der Waals surface area contributed by atoms with Gasteiger partial charge in [-0.3, -0.25) is 0 Å². The van der Waals surface area contributed by atoms with Gasteiger partial charge in [0, 0.05) is 6.54 Å². The largest absolute Gasteiger partial charge is 0.316 e. The lowest BCUT2D eigenvalue weighted by Gasteiger charge is -2.09. The Kier molecular flexibility index (Phi) is 2.60. The minimum atomic E-state index is -0.353. The molecule has 1 heterocycles.